The molecule has 0 atom stereocenters. The van der Waals surface area contributed by atoms with E-state index in [1.165, 1.54) is 24.8 Å². The maximum Gasteiger partial charge on any atom is 0.270 e. The summed E-state index contributed by atoms with van der Waals surface area (Å²) in [6.07, 6.45) is 5.75. The second-order valence-corrected chi connectivity index (χ2v) is 8.45. The van der Waals surface area contributed by atoms with Gasteiger partial charge in [-0.2, -0.15) is 0 Å². The largest absolute Gasteiger partial charge is 0.348 e. The van der Waals surface area contributed by atoms with Crippen LogP contribution in [-0.4, -0.2) is 21.9 Å². The Hall–Kier alpha value is -2.43. The minimum atomic E-state index is -0.112. The molecule has 0 unspecified atom stereocenters. The Morgan fingerprint density at radius 1 is 1.04 bits per heavy atom. The molecule has 1 aromatic heterocycles. The van der Waals surface area contributed by atoms with Crippen molar-refractivity contribution in [2.75, 3.05) is 5.32 Å². The van der Waals surface area contributed by atoms with Crippen LogP contribution in [0.4, 0.5) is 11.5 Å². The molecule has 3 rings (SSSR count). The van der Waals surface area contributed by atoms with E-state index in [0.717, 1.165) is 18.5 Å². The van der Waals surface area contributed by atoms with Gasteiger partial charge in [-0.3, -0.25) is 4.79 Å². The highest BCUT2D eigenvalue weighted by atomic mass is 16.1. The van der Waals surface area contributed by atoms with E-state index in [-0.39, 0.29) is 17.4 Å². The summed E-state index contributed by atoms with van der Waals surface area (Å²) in [6, 6.07) is 10.3. The standard InChI is InChI=1S/C22H30N4O/c1-15-23-19(21(27)26-17-8-6-5-7-9-17)14-20(24-15)25-18-12-10-16(11-13-18)22(2,3)4/h10-14,17H,5-9H2,1-4H3,(H,26,27)(H,23,24,25). The molecule has 0 saturated heterocycles. The summed E-state index contributed by atoms with van der Waals surface area (Å²) in [5.74, 6) is 1.11. The average Bonchev–Trinajstić information content (AvgIpc) is 2.62. The minimum Gasteiger partial charge on any atom is -0.348 e. The summed E-state index contributed by atoms with van der Waals surface area (Å²) in [6.45, 7) is 8.40. The molecule has 1 heterocycles. The van der Waals surface area contributed by atoms with Gasteiger partial charge in [-0.1, -0.05) is 52.2 Å². The van der Waals surface area contributed by atoms with Gasteiger partial charge in [0.05, 0.1) is 0 Å². The molecule has 2 N–H and O–H groups in total. The summed E-state index contributed by atoms with van der Waals surface area (Å²) >= 11 is 0. The molecular weight excluding hydrogens is 336 g/mol. The van der Waals surface area contributed by atoms with Gasteiger partial charge in [0.15, 0.2) is 0 Å². The lowest BCUT2D eigenvalue weighted by molar-refractivity contribution is 0.0922. The maximum absolute atomic E-state index is 12.6. The molecule has 1 fully saturated rings. The van der Waals surface area contributed by atoms with E-state index in [0.29, 0.717) is 17.3 Å². The highest BCUT2D eigenvalue weighted by molar-refractivity contribution is 5.93. The Bertz CT molecular complexity index is 787. The number of aryl methyl sites for hydroxylation is 1. The molecule has 1 amide bonds. The van der Waals surface area contributed by atoms with E-state index < -0.39 is 0 Å². The number of carbonyl (C=O) groups is 1. The van der Waals surface area contributed by atoms with Crippen LogP contribution in [0.3, 0.4) is 0 Å². The Kier molecular flexibility index (Phi) is 5.78. The third-order valence-corrected chi connectivity index (χ3v) is 5.03. The predicted molar refractivity (Wildman–Crippen MR) is 110 cm³/mol. The molecule has 1 aromatic carbocycles. The van der Waals surface area contributed by atoms with Crippen LogP contribution in [0.5, 0.6) is 0 Å². The fourth-order valence-corrected chi connectivity index (χ4v) is 3.46. The van der Waals surface area contributed by atoms with E-state index in [1.54, 1.807) is 6.07 Å². The van der Waals surface area contributed by atoms with Gasteiger partial charge in [-0.25, -0.2) is 9.97 Å². The number of nitrogens with one attached hydrogen (secondary N) is 2. The number of rotatable bonds is 4. The SMILES string of the molecule is Cc1nc(Nc2ccc(C(C)(C)C)cc2)cc(C(=O)NC2CCCCC2)n1. The van der Waals surface area contributed by atoms with Crippen molar-refractivity contribution in [3.8, 4) is 0 Å². The van der Waals surface area contributed by atoms with Crippen LogP contribution >= 0.6 is 0 Å². The van der Waals surface area contributed by atoms with Crippen LogP contribution in [0.2, 0.25) is 0 Å². The van der Waals surface area contributed by atoms with Crippen molar-refractivity contribution in [3.63, 3.8) is 0 Å². The maximum atomic E-state index is 12.6. The highest BCUT2D eigenvalue weighted by Gasteiger charge is 2.18. The summed E-state index contributed by atoms with van der Waals surface area (Å²) < 4.78 is 0. The van der Waals surface area contributed by atoms with Gasteiger partial charge in [0.25, 0.3) is 5.91 Å². The van der Waals surface area contributed by atoms with Crippen LogP contribution in [-0.2, 0) is 5.41 Å². The lowest BCUT2D eigenvalue weighted by atomic mass is 9.87. The zero-order valence-electron chi connectivity index (χ0n) is 16.8. The quantitative estimate of drug-likeness (QED) is 0.808. The summed E-state index contributed by atoms with van der Waals surface area (Å²) in [7, 11) is 0. The van der Waals surface area contributed by atoms with Crippen LogP contribution in [0.1, 0.15) is 74.8 Å². The second kappa shape index (κ2) is 8.07. The van der Waals surface area contributed by atoms with Crippen LogP contribution < -0.4 is 10.6 Å². The predicted octanol–water partition coefficient (Wildman–Crippen LogP) is 4.89. The summed E-state index contributed by atoms with van der Waals surface area (Å²) in [4.78, 5) is 21.3. The molecule has 1 saturated carbocycles. The normalized spacial score (nSPS) is 15.4. The molecule has 5 nitrogen and oxygen atoms in total. The topological polar surface area (TPSA) is 66.9 Å². The molecule has 27 heavy (non-hydrogen) atoms. The molecule has 0 bridgehead atoms. The van der Waals surface area contributed by atoms with E-state index in [9.17, 15) is 4.79 Å². The number of benzene rings is 1. The lowest BCUT2D eigenvalue weighted by Crippen LogP contribution is -2.36. The van der Waals surface area contributed by atoms with Crippen LogP contribution in [0.25, 0.3) is 0 Å². The van der Waals surface area contributed by atoms with Gasteiger partial charge >= 0.3 is 0 Å². The van der Waals surface area contributed by atoms with Crippen LogP contribution in [0, 0.1) is 6.92 Å². The number of carbonyl (C=O) groups excluding carboxylic acids is 1. The first kappa shape index (κ1) is 19.3. The number of amides is 1. The zero-order chi connectivity index (χ0) is 19.4. The fraction of sp³-hybridized carbons (Fsp3) is 0.500. The van der Waals surface area contributed by atoms with Gasteiger partial charge in [0.1, 0.15) is 17.3 Å². The average molecular weight is 367 g/mol. The van der Waals surface area contributed by atoms with Crippen molar-refractivity contribution in [2.45, 2.75) is 71.3 Å². The van der Waals surface area contributed by atoms with Gasteiger partial charge in [0, 0.05) is 17.8 Å². The molecule has 1 aliphatic carbocycles. The van der Waals surface area contributed by atoms with Crippen LogP contribution in [0.15, 0.2) is 30.3 Å². The van der Waals surface area contributed by atoms with E-state index in [1.807, 2.05) is 19.1 Å². The molecule has 0 aliphatic heterocycles. The van der Waals surface area contributed by atoms with Crippen molar-refractivity contribution in [3.05, 3.63) is 47.4 Å². The zero-order valence-corrected chi connectivity index (χ0v) is 16.8. The first-order valence-corrected chi connectivity index (χ1v) is 9.85. The highest BCUT2D eigenvalue weighted by Crippen LogP contribution is 2.25. The monoisotopic (exact) mass is 366 g/mol. The third kappa shape index (κ3) is 5.28. The van der Waals surface area contributed by atoms with Crippen molar-refractivity contribution < 1.29 is 4.79 Å². The number of hydrogen-bond donors (Lipinski definition) is 2. The molecule has 1 aliphatic rings. The van der Waals surface area contributed by atoms with Crippen molar-refractivity contribution in [1.82, 2.24) is 15.3 Å². The molecular formula is C22H30N4O. The molecule has 2 aromatic rings. The van der Waals surface area contributed by atoms with Crippen molar-refractivity contribution in [1.29, 1.82) is 0 Å². The first-order chi connectivity index (χ1) is 12.8. The van der Waals surface area contributed by atoms with Gasteiger partial charge < -0.3 is 10.6 Å². The smallest absolute Gasteiger partial charge is 0.270 e. The number of nitrogens with zero attached hydrogens (tertiary/aromatic N) is 2. The number of hydrogen-bond acceptors (Lipinski definition) is 4. The van der Waals surface area contributed by atoms with E-state index in [2.05, 4.69) is 53.5 Å². The van der Waals surface area contributed by atoms with E-state index >= 15 is 0 Å². The van der Waals surface area contributed by atoms with Crippen molar-refractivity contribution >= 4 is 17.4 Å². The minimum absolute atomic E-state index is 0.112. The molecule has 0 radical (unpaired) electrons. The Morgan fingerprint density at radius 3 is 2.33 bits per heavy atom. The Morgan fingerprint density at radius 2 is 1.70 bits per heavy atom. The number of anilines is 2. The Balaban J connectivity index is 1.72. The summed E-state index contributed by atoms with van der Waals surface area (Å²) in [5.41, 5.74) is 2.76. The van der Waals surface area contributed by atoms with Gasteiger partial charge in [-0.15, -0.1) is 0 Å². The first-order valence-electron chi connectivity index (χ1n) is 9.85. The van der Waals surface area contributed by atoms with Gasteiger partial charge in [-0.05, 0) is 42.9 Å². The molecule has 5 heteroatoms. The van der Waals surface area contributed by atoms with Gasteiger partial charge in [0.2, 0.25) is 0 Å². The summed E-state index contributed by atoms with van der Waals surface area (Å²) in [5, 5.41) is 6.41. The molecule has 144 valence electrons. The fourth-order valence-electron chi connectivity index (χ4n) is 3.46. The lowest BCUT2D eigenvalue weighted by Gasteiger charge is -2.22. The van der Waals surface area contributed by atoms with Crippen molar-refractivity contribution in [2.24, 2.45) is 0 Å². The Labute approximate surface area is 162 Å². The number of aromatic nitrogens is 2. The second-order valence-electron chi connectivity index (χ2n) is 8.45. The third-order valence-electron chi connectivity index (χ3n) is 5.03. The van der Waals surface area contributed by atoms with E-state index in [4.69, 9.17) is 0 Å². The molecule has 0 spiro atoms.